The lowest BCUT2D eigenvalue weighted by molar-refractivity contribution is -0.130. The fraction of sp³-hybridized carbons (Fsp3) is 0.433. The summed E-state index contributed by atoms with van der Waals surface area (Å²) in [5, 5.41) is 3.93. The number of aryl methyl sites for hydroxylation is 1. The van der Waals surface area contributed by atoms with Crippen LogP contribution in [0.1, 0.15) is 65.7 Å². The Hall–Kier alpha value is -3.65. The third-order valence-corrected chi connectivity index (χ3v) is 7.84. The molecule has 5 rings (SSSR count). The van der Waals surface area contributed by atoms with Gasteiger partial charge in [-0.2, -0.15) is 0 Å². The smallest absolute Gasteiger partial charge is 0.271 e. The fourth-order valence-corrected chi connectivity index (χ4v) is 5.71. The lowest BCUT2D eigenvalue weighted by atomic mass is 9.87. The molecule has 38 heavy (non-hydrogen) atoms. The Labute approximate surface area is 224 Å². The molecule has 0 spiro atoms. The molecule has 0 aliphatic carbocycles. The van der Waals surface area contributed by atoms with Crippen LogP contribution in [0.5, 0.6) is 0 Å². The Morgan fingerprint density at radius 3 is 2.55 bits per heavy atom. The summed E-state index contributed by atoms with van der Waals surface area (Å²) >= 11 is 0. The molecule has 0 atom stereocenters. The molecule has 2 amide bonds. The minimum absolute atomic E-state index is 0.167. The largest absolute Gasteiger partial charge is 0.354 e. The second-order valence-corrected chi connectivity index (χ2v) is 11.1. The summed E-state index contributed by atoms with van der Waals surface area (Å²) in [5.41, 5.74) is 8.23. The van der Waals surface area contributed by atoms with Gasteiger partial charge in [-0.05, 0) is 79.6 Å². The highest BCUT2D eigenvalue weighted by Crippen LogP contribution is 2.38. The molecule has 0 bridgehead atoms. The van der Waals surface area contributed by atoms with Crippen molar-refractivity contribution in [3.8, 4) is 11.3 Å². The van der Waals surface area contributed by atoms with Gasteiger partial charge in [-0.3, -0.25) is 14.5 Å². The molecule has 3 aromatic heterocycles. The van der Waals surface area contributed by atoms with Crippen LogP contribution >= 0.6 is 0 Å². The van der Waals surface area contributed by atoms with E-state index in [4.69, 9.17) is 0 Å². The van der Waals surface area contributed by atoms with Gasteiger partial charge in [-0.25, -0.2) is 4.98 Å². The number of nitrogens with zero attached hydrogens (tertiary/aromatic N) is 4. The van der Waals surface area contributed by atoms with E-state index in [9.17, 15) is 9.59 Å². The number of amides is 2. The van der Waals surface area contributed by atoms with Gasteiger partial charge < -0.3 is 19.6 Å². The van der Waals surface area contributed by atoms with Crippen molar-refractivity contribution in [3.63, 3.8) is 0 Å². The van der Waals surface area contributed by atoms with E-state index in [-0.39, 0.29) is 11.8 Å². The van der Waals surface area contributed by atoms with E-state index in [1.165, 1.54) is 16.5 Å². The van der Waals surface area contributed by atoms with Crippen molar-refractivity contribution in [2.45, 2.75) is 45.4 Å². The van der Waals surface area contributed by atoms with Crippen molar-refractivity contribution in [3.05, 3.63) is 59.0 Å². The topological polar surface area (TPSA) is 85.7 Å². The van der Waals surface area contributed by atoms with Crippen molar-refractivity contribution >= 4 is 28.4 Å². The van der Waals surface area contributed by atoms with E-state index in [2.05, 4.69) is 64.5 Å². The average Bonchev–Trinajstić information content (AvgIpc) is 3.50. The number of piperidine rings is 1. The number of hydrogen-bond acceptors (Lipinski definition) is 4. The molecular formula is C30H38N6O2. The first-order valence-corrected chi connectivity index (χ1v) is 13.5. The summed E-state index contributed by atoms with van der Waals surface area (Å²) in [7, 11) is 5.26. The van der Waals surface area contributed by atoms with Crippen molar-refractivity contribution in [1.29, 1.82) is 0 Å². The number of likely N-dealkylation sites (tertiary alicyclic amines) is 1. The molecule has 8 heteroatoms. The Balaban J connectivity index is 1.47. The van der Waals surface area contributed by atoms with Crippen LogP contribution in [-0.2, 0) is 4.79 Å². The van der Waals surface area contributed by atoms with Crippen LogP contribution in [0, 0.1) is 6.92 Å². The first-order valence-electron chi connectivity index (χ1n) is 13.5. The van der Waals surface area contributed by atoms with Crippen LogP contribution in [0.15, 0.2) is 36.7 Å². The first kappa shape index (κ1) is 26.0. The third kappa shape index (κ3) is 4.80. The molecule has 4 heterocycles. The van der Waals surface area contributed by atoms with Crippen LogP contribution in [-0.4, -0.2) is 76.8 Å². The molecule has 200 valence electrons. The van der Waals surface area contributed by atoms with Gasteiger partial charge in [0.25, 0.3) is 5.91 Å². The summed E-state index contributed by atoms with van der Waals surface area (Å²) in [6.45, 7) is 8.91. The molecule has 1 aromatic carbocycles. The van der Waals surface area contributed by atoms with E-state index in [0.717, 1.165) is 53.9 Å². The molecule has 1 saturated heterocycles. The quantitative estimate of drug-likeness (QED) is 0.396. The number of carbonyl (C=O) groups is 2. The maximum absolute atomic E-state index is 12.2. The molecule has 1 aliphatic heterocycles. The summed E-state index contributed by atoms with van der Waals surface area (Å²) in [4.78, 5) is 36.4. The lowest BCUT2D eigenvalue weighted by Crippen LogP contribution is -2.40. The van der Waals surface area contributed by atoms with E-state index in [0.29, 0.717) is 24.1 Å². The molecule has 8 nitrogen and oxygen atoms in total. The Morgan fingerprint density at radius 2 is 1.89 bits per heavy atom. The number of carbonyl (C=O) groups excluding carboxylic acids is 2. The van der Waals surface area contributed by atoms with E-state index in [1.807, 2.05) is 25.4 Å². The predicted molar refractivity (Wildman–Crippen MR) is 152 cm³/mol. The fourth-order valence-electron chi connectivity index (χ4n) is 5.71. The number of H-pyrrole nitrogens is 1. The number of nitrogens with one attached hydrogen (secondary N) is 2. The Kier molecular flexibility index (Phi) is 7.01. The van der Waals surface area contributed by atoms with Crippen molar-refractivity contribution < 1.29 is 9.59 Å². The second-order valence-electron chi connectivity index (χ2n) is 11.1. The van der Waals surface area contributed by atoms with Gasteiger partial charge in [0.05, 0.1) is 12.2 Å². The molecule has 2 N–H and O–H groups in total. The molecule has 4 aromatic rings. The van der Waals surface area contributed by atoms with Crippen LogP contribution in [0.2, 0.25) is 0 Å². The van der Waals surface area contributed by atoms with Gasteiger partial charge in [-0.15, -0.1) is 0 Å². The minimum Gasteiger partial charge on any atom is -0.354 e. The summed E-state index contributed by atoms with van der Waals surface area (Å²) in [5.74, 6) is 0.801. The van der Waals surface area contributed by atoms with Gasteiger partial charge in [0.15, 0.2) is 0 Å². The van der Waals surface area contributed by atoms with Gasteiger partial charge in [0, 0.05) is 50.0 Å². The summed E-state index contributed by atoms with van der Waals surface area (Å²) in [6.07, 6.45) is 5.97. The van der Waals surface area contributed by atoms with Crippen LogP contribution < -0.4 is 5.32 Å². The lowest BCUT2D eigenvalue weighted by Gasteiger charge is -2.32. The molecule has 1 fully saturated rings. The van der Waals surface area contributed by atoms with Gasteiger partial charge in [-0.1, -0.05) is 19.9 Å². The standard InChI is InChI=1S/C30H38N6O2/c1-18(2)27-23-14-21(20-9-11-35(12-10-20)17-26(37)34(5)6)7-8-24(23)32-28(27)22-13-19(3)29-33-25(30(38)31-4)16-36(29)15-22/h7-8,13-16,18,20,32H,9-12,17H2,1-6H3,(H,31,38). The maximum atomic E-state index is 12.2. The van der Waals surface area contributed by atoms with Gasteiger partial charge >= 0.3 is 0 Å². The van der Waals surface area contributed by atoms with Crippen LogP contribution in [0.25, 0.3) is 27.8 Å². The highest BCUT2D eigenvalue weighted by Gasteiger charge is 2.24. The number of benzene rings is 1. The molecular weight excluding hydrogens is 476 g/mol. The van der Waals surface area contributed by atoms with E-state index >= 15 is 0 Å². The zero-order valence-electron chi connectivity index (χ0n) is 23.3. The summed E-state index contributed by atoms with van der Waals surface area (Å²) < 4.78 is 1.95. The van der Waals surface area contributed by atoms with Crippen molar-refractivity contribution in [1.82, 2.24) is 29.5 Å². The number of aromatic nitrogens is 3. The average molecular weight is 515 g/mol. The SMILES string of the molecule is CNC(=O)c1cn2cc(-c3[nH]c4ccc(C5CCN(CC(=O)N(C)C)CC5)cc4c3C(C)C)cc(C)c2n1. The van der Waals surface area contributed by atoms with Crippen molar-refractivity contribution in [2.75, 3.05) is 40.8 Å². The number of fused-ring (bicyclic) bond motifs is 2. The maximum Gasteiger partial charge on any atom is 0.271 e. The predicted octanol–water partition coefficient (Wildman–Crippen LogP) is 4.54. The van der Waals surface area contributed by atoms with Gasteiger partial charge in [0.1, 0.15) is 11.3 Å². The minimum atomic E-state index is -0.189. The number of rotatable bonds is 6. The number of aromatic amines is 1. The number of imidazole rings is 1. The monoisotopic (exact) mass is 514 g/mol. The number of hydrogen-bond donors (Lipinski definition) is 2. The second kappa shape index (κ2) is 10.3. The van der Waals surface area contributed by atoms with Crippen LogP contribution in [0.4, 0.5) is 0 Å². The van der Waals surface area contributed by atoms with Gasteiger partial charge in [0.2, 0.25) is 5.91 Å². The van der Waals surface area contributed by atoms with E-state index in [1.54, 1.807) is 18.1 Å². The zero-order valence-corrected chi connectivity index (χ0v) is 23.3. The normalized spacial score (nSPS) is 15.0. The highest BCUT2D eigenvalue weighted by atomic mass is 16.2. The summed E-state index contributed by atoms with van der Waals surface area (Å²) in [6, 6.07) is 9.01. The first-order chi connectivity index (χ1) is 18.2. The third-order valence-electron chi connectivity index (χ3n) is 7.84. The highest BCUT2D eigenvalue weighted by molar-refractivity contribution is 5.94. The molecule has 0 unspecified atom stereocenters. The van der Waals surface area contributed by atoms with Crippen LogP contribution in [0.3, 0.4) is 0 Å². The number of likely N-dealkylation sites (N-methyl/N-ethyl adjacent to an activating group) is 1. The molecule has 0 saturated carbocycles. The Bertz CT molecular complexity index is 1500. The number of pyridine rings is 1. The van der Waals surface area contributed by atoms with Crippen molar-refractivity contribution in [2.24, 2.45) is 0 Å². The molecule has 1 aliphatic rings. The van der Waals surface area contributed by atoms with E-state index < -0.39 is 0 Å². The Morgan fingerprint density at radius 1 is 1.16 bits per heavy atom. The zero-order chi connectivity index (χ0) is 27.1. The molecule has 0 radical (unpaired) electrons.